The second-order valence-electron chi connectivity index (χ2n) is 4.29. The van der Waals surface area contributed by atoms with Gasteiger partial charge in [0.05, 0.1) is 0 Å². The number of hydrogen-bond acceptors (Lipinski definition) is 4. The molecule has 5 nitrogen and oxygen atoms in total. The SMILES string of the molecule is CN(C(=O)c1ncccc1O)C1CCCNC1. The quantitative estimate of drug-likeness (QED) is 0.788. The topological polar surface area (TPSA) is 65.5 Å². The van der Waals surface area contributed by atoms with Crippen LogP contribution in [0.2, 0.25) is 0 Å². The molecule has 1 fully saturated rings. The van der Waals surface area contributed by atoms with Gasteiger partial charge in [0, 0.05) is 25.8 Å². The van der Waals surface area contributed by atoms with Crippen LogP contribution in [0, 0.1) is 0 Å². The molecule has 2 N–H and O–H groups in total. The van der Waals surface area contributed by atoms with E-state index in [1.165, 1.54) is 12.3 Å². The Balaban J connectivity index is 2.11. The van der Waals surface area contributed by atoms with Gasteiger partial charge in [-0.3, -0.25) is 4.79 Å². The highest BCUT2D eigenvalue weighted by Crippen LogP contribution is 2.17. The van der Waals surface area contributed by atoms with Gasteiger partial charge in [-0.1, -0.05) is 0 Å². The number of pyridine rings is 1. The fourth-order valence-corrected chi connectivity index (χ4v) is 2.06. The maximum atomic E-state index is 12.1. The zero-order valence-corrected chi connectivity index (χ0v) is 9.89. The molecule has 0 aliphatic carbocycles. The molecule has 2 rings (SSSR count). The zero-order chi connectivity index (χ0) is 12.3. The Labute approximate surface area is 100 Å². The van der Waals surface area contributed by atoms with Gasteiger partial charge in [-0.2, -0.15) is 0 Å². The lowest BCUT2D eigenvalue weighted by atomic mass is 10.1. The van der Waals surface area contributed by atoms with Gasteiger partial charge >= 0.3 is 0 Å². The van der Waals surface area contributed by atoms with Crippen molar-refractivity contribution in [2.24, 2.45) is 0 Å². The summed E-state index contributed by atoms with van der Waals surface area (Å²) in [6.07, 6.45) is 3.57. The van der Waals surface area contributed by atoms with Crippen molar-refractivity contribution in [3.63, 3.8) is 0 Å². The Kier molecular flexibility index (Phi) is 3.58. The van der Waals surface area contributed by atoms with E-state index >= 15 is 0 Å². The second kappa shape index (κ2) is 5.14. The van der Waals surface area contributed by atoms with Crippen LogP contribution in [-0.2, 0) is 0 Å². The van der Waals surface area contributed by atoms with Crippen molar-refractivity contribution in [3.8, 4) is 5.75 Å². The molecular formula is C12H17N3O2. The van der Waals surface area contributed by atoms with E-state index < -0.39 is 0 Å². The summed E-state index contributed by atoms with van der Waals surface area (Å²) in [5.74, 6) is -0.287. The fourth-order valence-electron chi connectivity index (χ4n) is 2.06. The maximum absolute atomic E-state index is 12.1. The van der Waals surface area contributed by atoms with Crippen molar-refractivity contribution in [3.05, 3.63) is 24.0 Å². The summed E-state index contributed by atoms with van der Waals surface area (Å²) < 4.78 is 0. The van der Waals surface area contributed by atoms with Gasteiger partial charge in [-0.15, -0.1) is 0 Å². The predicted molar refractivity (Wildman–Crippen MR) is 63.9 cm³/mol. The number of likely N-dealkylation sites (N-methyl/N-ethyl adjacent to an activating group) is 1. The standard InChI is InChI=1S/C12H17N3O2/c1-15(9-4-2-6-13-8-9)12(17)11-10(16)5-3-7-14-11/h3,5,7,9,13,16H,2,4,6,8H2,1H3. The van der Waals surface area contributed by atoms with Crippen LogP contribution in [0.4, 0.5) is 0 Å². The van der Waals surface area contributed by atoms with Gasteiger partial charge in [0.1, 0.15) is 5.75 Å². The second-order valence-corrected chi connectivity index (χ2v) is 4.29. The number of aromatic hydroxyl groups is 1. The minimum Gasteiger partial charge on any atom is -0.505 e. The maximum Gasteiger partial charge on any atom is 0.276 e. The monoisotopic (exact) mass is 235 g/mol. The van der Waals surface area contributed by atoms with E-state index in [-0.39, 0.29) is 23.4 Å². The molecule has 92 valence electrons. The number of piperidine rings is 1. The average molecular weight is 235 g/mol. The first-order valence-electron chi connectivity index (χ1n) is 5.82. The average Bonchev–Trinajstić information content (AvgIpc) is 2.39. The Morgan fingerprint density at radius 1 is 1.65 bits per heavy atom. The van der Waals surface area contributed by atoms with Crippen LogP contribution in [0.5, 0.6) is 5.75 Å². The summed E-state index contributed by atoms with van der Waals surface area (Å²) in [7, 11) is 1.76. The van der Waals surface area contributed by atoms with Crippen molar-refractivity contribution < 1.29 is 9.90 Å². The Hall–Kier alpha value is -1.62. The predicted octanol–water partition coefficient (Wildman–Crippen LogP) is 0.611. The number of aromatic nitrogens is 1. The smallest absolute Gasteiger partial charge is 0.276 e. The van der Waals surface area contributed by atoms with Gasteiger partial charge in [0.25, 0.3) is 5.91 Å². The summed E-state index contributed by atoms with van der Waals surface area (Å²) in [4.78, 5) is 17.7. The van der Waals surface area contributed by atoms with Gasteiger partial charge in [0.2, 0.25) is 0 Å². The normalized spacial score (nSPS) is 19.9. The summed E-state index contributed by atoms with van der Waals surface area (Å²) in [6.45, 7) is 1.81. The van der Waals surface area contributed by atoms with E-state index in [0.717, 1.165) is 25.9 Å². The van der Waals surface area contributed by atoms with Crippen LogP contribution in [-0.4, -0.2) is 47.1 Å². The fraction of sp³-hybridized carbons (Fsp3) is 0.500. The Morgan fingerprint density at radius 2 is 2.47 bits per heavy atom. The molecule has 1 amide bonds. The molecule has 1 saturated heterocycles. The molecule has 5 heteroatoms. The van der Waals surface area contributed by atoms with E-state index in [1.54, 1.807) is 18.0 Å². The highest BCUT2D eigenvalue weighted by atomic mass is 16.3. The van der Waals surface area contributed by atoms with E-state index in [0.29, 0.717) is 0 Å². The van der Waals surface area contributed by atoms with Crippen LogP contribution >= 0.6 is 0 Å². The molecule has 1 aromatic heterocycles. The van der Waals surface area contributed by atoms with Crippen molar-refractivity contribution >= 4 is 5.91 Å². The number of carbonyl (C=O) groups excluding carboxylic acids is 1. The Bertz CT molecular complexity index is 402. The first-order valence-corrected chi connectivity index (χ1v) is 5.82. The highest BCUT2D eigenvalue weighted by molar-refractivity contribution is 5.94. The summed E-state index contributed by atoms with van der Waals surface area (Å²) >= 11 is 0. The van der Waals surface area contributed by atoms with Gasteiger partial charge < -0.3 is 15.3 Å². The molecule has 0 spiro atoms. The summed E-state index contributed by atoms with van der Waals surface area (Å²) in [5, 5.41) is 12.9. The van der Waals surface area contributed by atoms with Crippen LogP contribution in [0.3, 0.4) is 0 Å². The molecule has 17 heavy (non-hydrogen) atoms. The zero-order valence-electron chi connectivity index (χ0n) is 9.89. The van der Waals surface area contributed by atoms with Gasteiger partial charge in [-0.05, 0) is 31.5 Å². The largest absolute Gasteiger partial charge is 0.505 e. The van der Waals surface area contributed by atoms with Crippen LogP contribution in [0.15, 0.2) is 18.3 Å². The van der Waals surface area contributed by atoms with Crippen molar-refractivity contribution in [1.29, 1.82) is 0 Å². The van der Waals surface area contributed by atoms with E-state index in [9.17, 15) is 9.90 Å². The lowest BCUT2D eigenvalue weighted by Gasteiger charge is -2.31. The van der Waals surface area contributed by atoms with Gasteiger partial charge in [-0.25, -0.2) is 4.98 Å². The number of nitrogens with zero attached hydrogens (tertiary/aromatic N) is 2. The highest BCUT2D eigenvalue weighted by Gasteiger charge is 2.25. The molecule has 1 aromatic rings. The summed E-state index contributed by atoms with van der Waals surface area (Å²) in [5.41, 5.74) is 0.126. The third-order valence-electron chi connectivity index (χ3n) is 3.13. The number of hydrogen-bond donors (Lipinski definition) is 2. The molecule has 0 aromatic carbocycles. The lowest BCUT2D eigenvalue weighted by Crippen LogP contribution is -2.46. The van der Waals surface area contributed by atoms with Crippen LogP contribution < -0.4 is 5.32 Å². The molecule has 0 bridgehead atoms. The molecule has 1 atom stereocenters. The minimum absolute atomic E-state index is 0.0619. The van der Waals surface area contributed by atoms with Gasteiger partial charge in [0.15, 0.2) is 5.69 Å². The van der Waals surface area contributed by atoms with E-state index in [2.05, 4.69) is 10.3 Å². The molecule has 0 radical (unpaired) electrons. The molecule has 1 aliphatic heterocycles. The van der Waals surface area contributed by atoms with E-state index in [1.807, 2.05) is 0 Å². The molecule has 1 aliphatic rings. The van der Waals surface area contributed by atoms with Crippen molar-refractivity contribution in [2.45, 2.75) is 18.9 Å². The first kappa shape index (κ1) is 11.9. The number of nitrogens with one attached hydrogen (secondary N) is 1. The summed E-state index contributed by atoms with van der Waals surface area (Å²) in [6, 6.07) is 3.26. The molecule has 0 saturated carbocycles. The van der Waals surface area contributed by atoms with Crippen molar-refractivity contribution in [1.82, 2.24) is 15.2 Å². The first-order chi connectivity index (χ1) is 8.20. The third-order valence-corrected chi connectivity index (χ3v) is 3.13. The minimum atomic E-state index is -0.225. The Morgan fingerprint density at radius 3 is 3.12 bits per heavy atom. The van der Waals surface area contributed by atoms with Crippen LogP contribution in [0.1, 0.15) is 23.3 Å². The molecule has 2 heterocycles. The molecular weight excluding hydrogens is 218 g/mol. The number of carbonyl (C=O) groups is 1. The van der Waals surface area contributed by atoms with E-state index in [4.69, 9.17) is 0 Å². The lowest BCUT2D eigenvalue weighted by molar-refractivity contribution is 0.0699. The van der Waals surface area contributed by atoms with Crippen LogP contribution in [0.25, 0.3) is 0 Å². The number of rotatable bonds is 2. The van der Waals surface area contributed by atoms with Crippen molar-refractivity contribution in [2.75, 3.05) is 20.1 Å². The number of amides is 1. The third kappa shape index (κ3) is 2.55. The molecule has 1 unspecified atom stereocenters.